The number of anilines is 1. The minimum atomic E-state index is -0.402. The van der Waals surface area contributed by atoms with Crippen molar-refractivity contribution in [2.75, 3.05) is 36.8 Å². The molecule has 2 aliphatic rings. The number of carbonyl (C=O) groups excluding carboxylic acids is 1. The molecular weight excluding hydrogens is 394 g/mol. The summed E-state index contributed by atoms with van der Waals surface area (Å²) >= 11 is 1.40. The summed E-state index contributed by atoms with van der Waals surface area (Å²) in [4.78, 5) is 27.0. The molecule has 1 amide bonds. The van der Waals surface area contributed by atoms with Crippen molar-refractivity contribution in [2.24, 2.45) is 0 Å². The Morgan fingerprint density at radius 2 is 1.83 bits per heavy atom. The van der Waals surface area contributed by atoms with Crippen LogP contribution < -0.4 is 4.90 Å². The molecule has 0 bridgehead atoms. The lowest BCUT2D eigenvalue weighted by molar-refractivity contribution is -0.384. The molecule has 29 heavy (non-hydrogen) atoms. The van der Waals surface area contributed by atoms with Gasteiger partial charge in [0.15, 0.2) is 0 Å². The average Bonchev–Trinajstić information content (AvgIpc) is 3.43. The highest BCUT2D eigenvalue weighted by atomic mass is 32.2. The fourth-order valence-electron chi connectivity index (χ4n) is 3.88. The lowest BCUT2D eigenvalue weighted by Crippen LogP contribution is -2.49. The molecule has 11 heteroatoms. The molecule has 0 unspecified atom stereocenters. The van der Waals surface area contributed by atoms with Gasteiger partial charge in [0.2, 0.25) is 11.1 Å². The van der Waals surface area contributed by atoms with Crippen molar-refractivity contribution in [3.63, 3.8) is 0 Å². The Balaban J connectivity index is 1.27. The zero-order chi connectivity index (χ0) is 20.2. The maximum absolute atomic E-state index is 12.6. The molecule has 0 atom stereocenters. The summed E-state index contributed by atoms with van der Waals surface area (Å²) in [5.41, 5.74) is 1.02. The van der Waals surface area contributed by atoms with Gasteiger partial charge in [-0.3, -0.25) is 14.9 Å². The van der Waals surface area contributed by atoms with Gasteiger partial charge in [-0.1, -0.05) is 24.6 Å². The second-order valence-corrected chi connectivity index (χ2v) is 8.22. The first kappa shape index (κ1) is 19.6. The molecule has 1 aliphatic carbocycles. The number of piperazine rings is 1. The Bertz CT molecular complexity index is 859. The SMILES string of the molecule is O=C(CSc1nnnn1C1CCCC1)N1CCN(c2ccc([N+](=O)[O-])cc2)CC1. The van der Waals surface area contributed by atoms with Crippen molar-refractivity contribution in [1.29, 1.82) is 0 Å². The number of aromatic nitrogens is 4. The predicted octanol–water partition coefficient (Wildman–Crippen LogP) is 2.14. The molecule has 0 spiro atoms. The molecule has 0 radical (unpaired) electrons. The van der Waals surface area contributed by atoms with E-state index in [0.29, 0.717) is 38.0 Å². The number of nitro groups is 1. The first-order chi connectivity index (χ1) is 14.1. The Morgan fingerprint density at radius 3 is 2.48 bits per heavy atom. The summed E-state index contributed by atoms with van der Waals surface area (Å²) in [5, 5.41) is 23.5. The van der Waals surface area contributed by atoms with Crippen LogP contribution in [0.15, 0.2) is 29.4 Å². The van der Waals surface area contributed by atoms with Gasteiger partial charge in [-0.2, -0.15) is 0 Å². The zero-order valence-electron chi connectivity index (χ0n) is 16.0. The minimum absolute atomic E-state index is 0.0827. The molecular formula is C18H23N7O3S. The smallest absolute Gasteiger partial charge is 0.269 e. The van der Waals surface area contributed by atoms with E-state index in [0.717, 1.165) is 23.7 Å². The van der Waals surface area contributed by atoms with Crippen LogP contribution in [0, 0.1) is 10.1 Å². The van der Waals surface area contributed by atoms with E-state index in [1.807, 2.05) is 9.58 Å². The highest BCUT2D eigenvalue weighted by Crippen LogP contribution is 2.31. The summed E-state index contributed by atoms with van der Waals surface area (Å²) in [6, 6.07) is 6.89. The monoisotopic (exact) mass is 417 g/mol. The molecule has 1 aromatic carbocycles. The van der Waals surface area contributed by atoms with Crippen LogP contribution in [0.4, 0.5) is 11.4 Å². The van der Waals surface area contributed by atoms with Crippen LogP contribution in [0.5, 0.6) is 0 Å². The summed E-state index contributed by atoms with van der Waals surface area (Å²) < 4.78 is 1.87. The quantitative estimate of drug-likeness (QED) is 0.399. The number of hydrogen-bond donors (Lipinski definition) is 0. The van der Waals surface area contributed by atoms with E-state index in [-0.39, 0.29) is 11.6 Å². The lowest BCUT2D eigenvalue weighted by atomic mass is 10.2. The number of nitro benzene ring substituents is 1. The van der Waals surface area contributed by atoms with Crippen molar-refractivity contribution in [3.05, 3.63) is 34.4 Å². The van der Waals surface area contributed by atoms with Gasteiger partial charge in [-0.25, -0.2) is 4.68 Å². The number of thioether (sulfide) groups is 1. The molecule has 0 N–H and O–H groups in total. The first-order valence-electron chi connectivity index (χ1n) is 9.79. The van der Waals surface area contributed by atoms with Crippen molar-refractivity contribution < 1.29 is 9.72 Å². The van der Waals surface area contributed by atoms with Gasteiger partial charge in [-0.05, 0) is 35.4 Å². The number of amides is 1. The number of non-ortho nitro benzene ring substituents is 1. The molecule has 154 valence electrons. The van der Waals surface area contributed by atoms with Gasteiger partial charge < -0.3 is 9.80 Å². The number of tetrazole rings is 1. The van der Waals surface area contributed by atoms with Gasteiger partial charge in [0, 0.05) is 44.0 Å². The minimum Gasteiger partial charge on any atom is -0.368 e. The molecule has 10 nitrogen and oxygen atoms in total. The second-order valence-electron chi connectivity index (χ2n) is 7.27. The zero-order valence-corrected chi connectivity index (χ0v) is 16.8. The molecule has 2 fully saturated rings. The fraction of sp³-hybridized carbons (Fsp3) is 0.556. The molecule has 1 saturated heterocycles. The number of rotatable bonds is 6. The van der Waals surface area contributed by atoms with Crippen LogP contribution >= 0.6 is 11.8 Å². The molecule has 2 heterocycles. The summed E-state index contributed by atoms with van der Waals surface area (Å²) in [7, 11) is 0. The van der Waals surface area contributed by atoms with Gasteiger partial charge in [0.25, 0.3) is 5.69 Å². The van der Waals surface area contributed by atoms with E-state index in [2.05, 4.69) is 20.4 Å². The van der Waals surface area contributed by atoms with Crippen LogP contribution in [0.1, 0.15) is 31.7 Å². The predicted molar refractivity (Wildman–Crippen MR) is 108 cm³/mol. The van der Waals surface area contributed by atoms with Crippen LogP contribution in [0.3, 0.4) is 0 Å². The second kappa shape index (κ2) is 8.76. The van der Waals surface area contributed by atoms with Gasteiger partial charge in [-0.15, -0.1) is 5.10 Å². The third-order valence-electron chi connectivity index (χ3n) is 5.52. The van der Waals surface area contributed by atoms with E-state index in [4.69, 9.17) is 0 Å². The number of benzene rings is 1. The normalized spacial score (nSPS) is 17.7. The summed E-state index contributed by atoms with van der Waals surface area (Å²) in [6.45, 7) is 2.66. The van der Waals surface area contributed by atoms with Crippen molar-refractivity contribution >= 4 is 29.0 Å². The topological polar surface area (TPSA) is 110 Å². The molecule has 4 rings (SSSR count). The number of hydrogen-bond acceptors (Lipinski definition) is 8. The number of nitrogens with zero attached hydrogens (tertiary/aromatic N) is 7. The summed E-state index contributed by atoms with van der Waals surface area (Å²) in [6.07, 6.45) is 4.59. The molecule has 2 aromatic rings. The average molecular weight is 417 g/mol. The fourth-order valence-corrected chi connectivity index (χ4v) is 4.72. The van der Waals surface area contributed by atoms with E-state index >= 15 is 0 Å². The standard InChI is InChI=1S/C18H23N7O3S/c26-17(13-29-18-19-20-21-24(18)15-3-1-2-4-15)23-11-9-22(10-12-23)14-5-7-16(8-6-14)25(27)28/h5-8,15H,1-4,9-13H2. The maximum Gasteiger partial charge on any atom is 0.269 e. The highest BCUT2D eigenvalue weighted by molar-refractivity contribution is 7.99. The Labute approximate surface area is 172 Å². The highest BCUT2D eigenvalue weighted by Gasteiger charge is 2.25. The Kier molecular flexibility index (Phi) is 5.93. The van der Waals surface area contributed by atoms with Gasteiger partial charge in [0.1, 0.15) is 0 Å². The largest absolute Gasteiger partial charge is 0.368 e. The van der Waals surface area contributed by atoms with E-state index in [1.165, 1.54) is 36.7 Å². The van der Waals surface area contributed by atoms with Crippen LogP contribution in [-0.4, -0.2) is 67.9 Å². The van der Waals surface area contributed by atoms with Crippen molar-refractivity contribution in [2.45, 2.75) is 36.9 Å². The molecule has 1 aliphatic heterocycles. The first-order valence-corrected chi connectivity index (χ1v) is 10.8. The Morgan fingerprint density at radius 1 is 1.14 bits per heavy atom. The third-order valence-corrected chi connectivity index (χ3v) is 6.43. The Hall–Kier alpha value is -2.69. The van der Waals surface area contributed by atoms with E-state index in [1.54, 1.807) is 12.1 Å². The van der Waals surface area contributed by atoms with Crippen LogP contribution in [0.2, 0.25) is 0 Å². The van der Waals surface area contributed by atoms with E-state index in [9.17, 15) is 14.9 Å². The summed E-state index contributed by atoms with van der Waals surface area (Å²) in [5.74, 6) is 0.407. The van der Waals surface area contributed by atoms with E-state index < -0.39 is 4.92 Å². The van der Waals surface area contributed by atoms with Crippen LogP contribution in [0.25, 0.3) is 0 Å². The lowest BCUT2D eigenvalue weighted by Gasteiger charge is -2.36. The molecule has 1 aromatic heterocycles. The van der Waals surface area contributed by atoms with Gasteiger partial charge in [0.05, 0.1) is 16.7 Å². The van der Waals surface area contributed by atoms with Gasteiger partial charge >= 0.3 is 0 Å². The maximum atomic E-state index is 12.6. The molecule has 1 saturated carbocycles. The van der Waals surface area contributed by atoms with Crippen molar-refractivity contribution in [3.8, 4) is 0 Å². The van der Waals surface area contributed by atoms with Crippen LogP contribution in [-0.2, 0) is 4.79 Å². The van der Waals surface area contributed by atoms with Crippen molar-refractivity contribution in [1.82, 2.24) is 25.1 Å². The number of carbonyl (C=O) groups is 1. The third kappa shape index (κ3) is 4.50.